The van der Waals surface area contributed by atoms with Crippen molar-refractivity contribution >= 4 is 36.9 Å². The van der Waals surface area contributed by atoms with Crippen molar-refractivity contribution in [2.75, 3.05) is 18.9 Å². The number of carbonyl (C=O) groups excluding carboxylic acids is 3. The zero-order chi connectivity index (χ0) is 34.5. The minimum absolute atomic E-state index is 0.0351. The standard InChI is InChI=1S/C32H38N5O10P/c1-4-26(38)44-29-28(25-14-13-24-23(34)15-16-35-37(24)25)46-32(18-33,30(29)45-27(39)5-2)19-43-48(41,47-22-9-7-6-8-10-22)36-20(3)31(40)42-17-21-11-12-21/h6-10,13-16,20-21,28-30H,4-5,11-12,17,19,34H2,1-3H3,(H,36,41)/t20-,28-,29-,30-,32+,48-/m0/s1. The average Bonchev–Trinajstić information content (AvgIpc) is 3.74. The predicted octanol–water partition coefficient (Wildman–Crippen LogP) is 4.03. The number of benzene rings is 1. The van der Waals surface area contributed by atoms with Gasteiger partial charge < -0.3 is 29.2 Å². The van der Waals surface area contributed by atoms with Crippen LogP contribution in [0.15, 0.2) is 54.7 Å². The Kier molecular flexibility index (Phi) is 10.7. The van der Waals surface area contributed by atoms with Gasteiger partial charge in [0.05, 0.1) is 23.5 Å². The fourth-order valence-corrected chi connectivity index (χ4v) is 6.58. The van der Waals surface area contributed by atoms with E-state index < -0.39 is 62.2 Å². The zero-order valence-corrected chi connectivity index (χ0v) is 27.7. The van der Waals surface area contributed by atoms with Crippen LogP contribution in [-0.4, -0.2) is 64.6 Å². The number of rotatable bonds is 15. The Labute approximate surface area is 277 Å². The van der Waals surface area contributed by atoms with E-state index in [1.165, 1.54) is 29.8 Å². The first kappa shape index (κ1) is 34.8. The number of esters is 3. The van der Waals surface area contributed by atoms with Gasteiger partial charge in [0.15, 0.2) is 12.2 Å². The van der Waals surface area contributed by atoms with Crippen molar-refractivity contribution in [3.8, 4) is 11.8 Å². The second-order valence-electron chi connectivity index (χ2n) is 11.6. The number of nitriles is 1. The van der Waals surface area contributed by atoms with Crippen molar-refractivity contribution < 1.29 is 46.9 Å². The molecule has 0 amide bonds. The SMILES string of the molecule is CCC(=O)O[C@H]1[C@H](c2ccc3c(N)ccnn23)O[C@](C#N)(CO[P@@](=O)(N[C@@H](C)C(=O)OCC2CC2)Oc2ccccc2)[C@H]1OC(=O)CC. The first-order valence-electron chi connectivity index (χ1n) is 15.6. The number of aromatic nitrogens is 2. The molecule has 0 spiro atoms. The van der Waals surface area contributed by atoms with Gasteiger partial charge in [-0.2, -0.15) is 15.4 Å². The average molecular weight is 684 g/mol. The van der Waals surface area contributed by atoms with Crippen LogP contribution in [0.25, 0.3) is 5.52 Å². The van der Waals surface area contributed by atoms with Gasteiger partial charge in [0.2, 0.25) is 5.60 Å². The van der Waals surface area contributed by atoms with Crippen LogP contribution in [0, 0.1) is 17.2 Å². The summed E-state index contributed by atoms with van der Waals surface area (Å²) < 4.78 is 50.6. The number of anilines is 1. The molecule has 1 aliphatic carbocycles. The summed E-state index contributed by atoms with van der Waals surface area (Å²) in [5, 5.41) is 17.6. The van der Waals surface area contributed by atoms with Gasteiger partial charge in [0.1, 0.15) is 30.6 Å². The third-order valence-corrected chi connectivity index (χ3v) is 9.50. The topological polar surface area (TPSA) is 203 Å². The van der Waals surface area contributed by atoms with E-state index in [0.717, 1.165) is 12.8 Å². The number of ether oxygens (including phenoxy) is 4. The molecular weight excluding hydrogens is 645 g/mol. The number of nitrogens with two attached hydrogens (primary N) is 1. The highest BCUT2D eigenvalue weighted by atomic mass is 31.2. The highest BCUT2D eigenvalue weighted by Gasteiger charge is 2.62. The highest BCUT2D eigenvalue weighted by Crippen LogP contribution is 2.50. The molecule has 0 radical (unpaired) electrons. The first-order valence-corrected chi connectivity index (χ1v) is 17.2. The Hall–Kier alpha value is -4.48. The zero-order valence-electron chi connectivity index (χ0n) is 26.8. The number of nitrogen functional groups attached to an aromatic ring is 1. The van der Waals surface area contributed by atoms with E-state index in [9.17, 15) is 24.2 Å². The molecule has 3 heterocycles. The van der Waals surface area contributed by atoms with Gasteiger partial charge in [-0.1, -0.05) is 32.0 Å². The van der Waals surface area contributed by atoms with Crippen LogP contribution in [0.4, 0.5) is 5.69 Å². The fraction of sp³-hybridized carbons (Fsp3) is 0.469. The normalized spacial score (nSPS) is 23.8. The first-order chi connectivity index (χ1) is 23.0. The van der Waals surface area contributed by atoms with Gasteiger partial charge >= 0.3 is 25.7 Å². The predicted molar refractivity (Wildman–Crippen MR) is 169 cm³/mol. The lowest BCUT2D eigenvalue weighted by molar-refractivity contribution is -0.169. The molecular formula is C32H38N5O10P. The number of nitrogens with one attached hydrogen (secondary N) is 1. The minimum atomic E-state index is -4.50. The summed E-state index contributed by atoms with van der Waals surface area (Å²) in [5.74, 6) is -1.63. The maximum absolute atomic E-state index is 14.3. The number of hydrogen-bond acceptors (Lipinski definition) is 13. The van der Waals surface area contributed by atoms with E-state index in [4.69, 9.17) is 33.7 Å². The number of hydrogen-bond donors (Lipinski definition) is 2. The van der Waals surface area contributed by atoms with E-state index in [-0.39, 0.29) is 25.2 Å². The smallest absolute Gasteiger partial charge is 0.459 e. The number of carbonyl (C=O) groups is 3. The maximum Gasteiger partial charge on any atom is 0.459 e. The molecule has 256 valence electrons. The molecule has 5 rings (SSSR count). The van der Waals surface area contributed by atoms with E-state index in [0.29, 0.717) is 22.8 Å². The minimum Gasteiger partial charge on any atom is -0.464 e. The lowest BCUT2D eigenvalue weighted by atomic mass is 9.95. The fourth-order valence-electron chi connectivity index (χ4n) is 5.06. The van der Waals surface area contributed by atoms with Crippen LogP contribution >= 0.6 is 7.75 Å². The summed E-state index contributed by atoms with van der Waals surface area (Å²) in [4.78, 5) is 38.2. The Morgan fingerprint density at radius 2 is 1.83 bits per heavy atom. The van der Waals surface area contributed by atoms with Gasteiger partial charge in [-0.15, -0.1) is 0 Å². The van der Waals surface area contributed by atoms with Crippen LogP contribution in [-0.2, 0) is 42.4 Å². The van der Waals surface area contributed by atoms with Gasteiger partial charge in [0, 0.05) is 19.0 Å². The highest BCUT2D eigenvalue weighted by molar-refractivity contribution is 7.52. The van der Waals surface area contributed by atoms with E-state index in [1.807, 2.05) is 6.07 Å². The largest absolute Gasteiger partial charge is 0.464 e. The van der Waals surface area contributed by atoms with Crippen molar-refractivity contribution in [3.63, 3.8) is 0 Å². The van der Waals surface area contributed by atoms with Gasteiger partial charge in [-0.3, -0.25) is 18.9 Å². The Bertz CT molecular complexity index is 1720. The molecule has 6 atom stereocenters. The van der Waals surface area contributed by atoms with Gasteiger partial charge in [-0.05, 0) is 56.0 Å². The van der Waals surface area contributed by atoms with Crippen LogP contribution in [0.3, 0.4) is 0 Å². The van der Waals surface area contributed by atoms with Crippen molar-refractivity contribution in [3.05, 3.63) is 60.4 Å². The summed E-state index contributed by atoms with van der Waals surface area (Å²) >= 11 is 0. The van der Waals surface area contributed by atoms with Crippen LogP contribution < -0.4 is 15.3 Å². The molecule has 48 heavy (non-hydrogen) atoms. The second kappa shape index (κ2) is 14.7. The van der Waals surface area contributed by atoms with E-state index >= 15 is 0 Å². The molecule has 2 aromatic heterocycles. The van der Waals surface area contributed by atoms with Crippen molar-refractivity contribution in [1.29, 1.82) is 5.26 Å². The Balaban J connectivity index is 1.50. The monoisotopic (exact) mass is 683 g/mol. The second-order valence-corrected chi connectivity index (χ2v) is 13.2. The summed E-state index contributed by atoms with van der Waals surface area (Å²) in [6, 6.07) is 13.8. The van der Waals surface area contributed by atoms with E-state index in [2.05, 4.69) is 10.2 Å². The quantitative estimate of drug-likeness (QED) is 0.132. The molecule has 0 bridgehead atoms. The van der Waals surface area contributed by atoms with E-state index in [1.54, 1.807) is 50.2 Å². The summed E-state index contributed by atoms with van der Waals surface area (Å²) in [5.41, 5.74) is 5.17. The molecule has 1 aromatic carbocycles. The lowest BCUT2D eigenvalue weighted by Crippen LogP contribution is -2.49. The molecule has 2 aliphatic rings. The molecule has 0 unspecified atom stereocenters. The summed E-state index contributed by atoms with van der Waals surface area (Å²) in [7, 11) is -4.50. The van der Waals surface area contributed by atoms with Gasteiger partial charge in [0.25, 0.3) is 0 Å². The molecule has 1 saturated carbocycles. The van der Waals surface area contributed by atoms with Crippen LogP contribution in [0.2, 0.25) is 0 Å². The van der Waals surface area contributed by atoms with Gasteiger partial charge in [-0.25, -0.2) is 9.08 Å². The number of nitrogens with zero attached hydrogens (tertiary/aromatic N) is 3. The molecule has 1 saturated heterocycles. The number of para-hydroxylation sites is 1. The van der Waals surface area contributed by atoms with Crippen molar-refractivity contribution in [2.24, 2.45) is 5.92 Å². The molecule has 15 nitrogen and oxygen atoms in total. The molecule has 1 aliphatic heterocycles. The molecule has 3 N–H and O–H groups in total. The lowest BCUT2D eigenvalue weighted by Gasteiger charge is -2.30. The third kappa shape index (κ3) is 7.79. The molecule has 16 heteroatoms. The number of fused-ring (bicyclic) bond motifs is 1. The molecule has 2 fully saturated rings. The van der Waals surface area contributed by atoms with Crippen molar-refractivity contribution in [2.45, 2.75) is 76.4 Å². The maximum atomic E-state index is 14.3. The third-order valence-electron chi connectivity index (χ3n) is 7.88. The summed E-state index contributed by atoms with van der Waals surface area (Å²) in [6.07, 6.45) is -0.882. The van der Waals surface area contributed by atoms with Crippen molar-refractivity contribution in [1.82, 2.24) is 14.7 Å². The van der Waals surface area contributed by atoms with Crippen LogP contribution in [0.5, 0.6) is 5.75 Å². The summed E-state index contributed by atoms with van der Waals surface area (Å²) in [6.45, 7) is 3.98. The Morgan fingerprint density at radius 3 is 2.50 bits per heavy atom. The molecule has 3 aromatic rings. The Morgan fingerprint density at radius 1 is 1.12 bits per heavy atom. The van der Waals surface area contributed by atoms with Crippen LogP contribution in [0.1, 0.15) is 58.3 Å².